The topological polar surface area (TPSA) is 79.3 Å². The summed E-state index contributed by atoms with van der Waals surface area (Å²) in [5.74, 6) is -0.187. The Labute approximate surface area is 70.6 Å². The lowest BCUT2D eigenvalue weighted by molar-refractivity contribution is -0.161. The maximum atomic E-state index is 11.1. The normalized spacial score (nSPS) is 22.8. The Hall–Kier alpha value is -1.12. The predicted molar refractivity (Wildman–Crippen MR) is 40.5 cm³/mol. The first-order valence-electron chi connectivity index (χ1n) is 3.82. The second-order valence-electron chi connectivity index (χ2n) is 2.60. The number of unbranched alkanes of at least 4 members (excludes halogenated alkanes) is 1. The quantitative estimate of drug-likeness (QED) is 0.571. The van der Waals surface area contributed by atoms with E-state index in [9.17, 15) is 4.79 Å². The van der Waals surface area contributed by atoms with Crippen molar-refractivity contribution in [2.24, 2.45) is 5.73 Å². The Balaban J connectivity index is 2.26. The van der Waals surface area contributed by atoms with Crippen molar-refractivity contribution in [3.05, 3.63) is 0 Å². The van der Waals surface area contributed by atoms with Crippen molar-refractivity contribution in [3.63, 3.8) is 0 Å². The molecular formula is C7H11N3O2. The molecule has 0 aromatic heterocycles. The van der Waals surface area contributed by atoms with Crippen molar-refractivity contribution in [2.45, 2.75) is 18.9 Å². The van der Waals surface area contributed by atoms with Gasteiger partial charge < -0.3 is 5.73 Å². The zero-order valence-electron chi connectivity index (χ0n) is 6.69. The standard InChI is InChI=1S/C7H11N3O2/c8-3-1-2-4-10-7(11)6(9)5-12-10/h6H,1-2,4-5,9H2. The molecule has 0 saturated carbocycles. The van der Waals surface area contributed by atoms with Crippen molar-refractivity contribution >= 4 is 5.91 Å². The molecule has 0 aliphatic carbocycles. The number of rotatable bonds is 3. The molecule has 0 aromatic carbocycles. The van der Waals surface area contributed by atoms with Gasteiger partial charge in [-0.1, -0.05) is 0 Å². The highest BCUT2D eigenvalue weighted by Gasteiger charge is 2.29. The molecule has 1 amide bonds. The minimum absolute atomic E-state index is 0.187. The van der Waals surface area contributed by atoms with E-state index in [0.29, 0.717) is 19.4 Å². The minimum atomic E-state index is -0.521. The monoisotopic (exact) mass is 169 g/mol. The van der Waals surface area contributed by atoms with Gasteiger partial charge in [-0.15, -0.1) is 0 Å². The number of nitrogens with zero attached hydrogens (tertiary/aromatic N) is 2. The van der Waals surface area contributed by atoms with Gasteiger partial charge in [0.15, 0.2) is 0 Å². The van der Waals surface area contributed by atoms with E-state index in [1.165, 1.54) is 5.06 Å². The van der Waals surface area contributed by atoms with Crippen LogP contribution in [0.4, 0.5) is 0 Å². The molecule has 1 aliphatic rings. The summed E-state index contributed by atoms with van der Waals surface area (Å²) < 4.78 is 0. The van der Waals surface area contributed by atoms with Crippen molar-refractivity contribution in [1.29, 1.82) is 5.26 Å². The van der Waals surface area contributed by atoms with Crippen LogP contribution in [-0.4, -0.2) is 30.2 Å². The van der Waals surface area contributed by atoms with Crippen LogP contribution in [0.25, 0.3) is 0 Å². The molecule has 0 bridgehead atoms. The van der Waals surface area contributed by atoms with Crippen LogP contribution in [0.5, 0.6) is 0 Å². The molecule has 66 valence electrons. The smallest absolute Gasteiger partial charge is 0.265 e. The fourth-order valence-electron chi connectivity index (χ4n) is 0.967. The van der Waals surface area contributed by atoms with Crippen LogP contribution >= 0.6 is 0 Å². The molecule has 12 heavy (non-hydrogen) atoms. The summed E-state index contributed by atoms with van der Waals surface area (Å²) in [5, 5.41) is 9.48. The molecule has 1 fully saturated rings. The van der Waals surface area contributed by atoms with E-state index in [4.69, 9.17) is 15.8 Å². The first kappa shape index (κ1) is 8.97. The van der Waals surface area contributed by atoms with Crippen LogP contribution in [0, 0.1) is 11.3 Å². The Morgan fingerprint density at radius 2 is 2.58 bits per heavy atom. The van der Waals surface area contributed by atoms with Crippen molar-refractivity contribution in [3.8, 4) is 6.07 Å². The fourth-order valence-corrected chi connectivity index (χ4v) is 0.967. The Morgan fingerprint density at radius 1 is 1.83 bits per heavy atom. The highest BCUT2D eigenvalue weighted by Crippen LogP contribution is 2.06. The first-order valence-corrected chi connectivity index (χ1v) is 3.82. The third-order valence-corrected chi connectivity index (χ3v) is 1.62. The second-order valence-corrected chi connectivity index (χ2v) is 2.60. The molecule has 2 N–H and O–H groups in total. The lowest BCUT2D eigenvalue weighted by atomic mass is 10.3. The minimum Gasteiger partial charge on any atom is -0.318 e. The SMILES string of the molecule is N#CCCCN1OCC(N)C1=O. The number of amides is 1. The average Bonchev–Trinajstić information content (AvgIpc) is 2.36. The molecule has 1 heterocycles. The molecule has 0 radical (unpaired) electrons. The number of carbonyl (C=O) groups is 1. The number of nitriles is 1. The molecule has 1 aliphatic heterocycles. The van der Waals surface area contributed by atoms with Crippen molar-refractivity contribution < 1.29 is 9.63 Å². The third kappa shape index (κ3) is 1.94. The highest BCUT2D eigenvalue weighted by atomic mass is 16.7. The van der Waals surface area contributed by atoms with Gasteiger partial charge in [-0.25, -0.2) is 5.06 Å². The van der Waals surface area contributed by atoms with E-state index in [-0.39, 0.29) is 12.5 Å². The van der Waals surface area contributed by atoms with Crippen LogP contribution in [0.2, 0.25) is 0 Å². The molecule has 1 saturated heterocycles. The number of hydroxylamine groups is 2. The van der Waals surface area contributed by atoms with Crippen molar-refractivity contribution in [2.75, 3.05) is 13.2 Å². The number of hydrogen-bond donors (Lipinski definition) is 1. The number of hydrogen-bond acceptors (Lipinski definition) is 4. The Bertz CT molecular complexity index is 211. The van der Waals surface area contributed by atoms with Gasteiger partial charge in [-0.2, -0.15) is 5.26 Å². The van der Waals surface area contributed by atoms with E-state index >= 15 is 0 Å². The zero-order chi connectivity index (χ0) is 8.97. The van der Waals surface area contributed by atoms with Crippen LogP contribution in [0.15, 0.2) is 0 Å². The largest absolute Gasteiger partial charge is 0.318 e. The summed E-state index contributed by atoms with van der Waals surface area (Å²) in [4.78, 5) is 16.1. The number of carbonyl (C=O) groups excluding carboxylic acids is 1. The molecule has 1 unspecified atom stereocenters. The van der Waals surface area contributed by atoms with Gasteiger partial charge in [0.2, 0.25) is 0 Å². The van der Waals surface area contributed by atoms with Gasteiger partial charge in [0.05, 0.1) is 12.7 Å². The molecule has 0 aromatic rings. The Morgan fingerprint density at radius 3 is 3.08 bits per heavy atom. The highest BCUT2D eigenvalue weighted by molar-refractivity contribution is 5.82. The molecular weight excluding hydrogens is 158 g/mol. The summed E-state index contributed by atoms with van der Waals surface area (Å²) in [6.45, 7) is 0.714. The van der Waals surface area contributed by atoms with Crippen LogP contribution in [0.1, 0.15) is 12.8 Å². The maximum Gasteiger partial charge on any atom is 0.265 e. The summed E-state index contributed by atoms with van der Waals surface area (Å²) in [6, 6.07) is 1.47. The predicted octanol–water partition coefficient (Wildman–Crippen LogP) is -0.609. The molecule has 5 nitrogen and oxygen atoms in total. The number of nitrogens with two attached hydrogens (primary N) is 1. The average molecular weight is 169 g/mol. The maximum absolute atomic E-state index is 11.1. The molecule has 5 heteroatoms. The van der Waals surface area contributed by atoms with Gasteiger partial charge in [0.25, 0.3) is 5.91 Å². The lowest BCUT2D eigenvalue weighted by Gasteiger charge is -2.12. The van der Waals surface area contributed by atoms with Crippen LogP contribution in [-0.2, 0) is 9.63 Å². The van der Waals surface area contributed by atoms with Crippen LogP contribution in [0.3, 0.4) is 0 Å². The molecule has 0 spiro atoms. The molecule has 1 rings (SSSR count). The summed E-state index contributed by atoms with van der Waals surface area (Å²) in [6.07, 6.45) is 1.07. The van der Waals surface area contributed by atoms with E-state index in [2.05, 4.69) is 0 Å². The molecule has 1 atom stereocenters. The fraction of sp³-hybridized carbons (Fsp3) is 0.714. The zero-order valence-corrected chi connectivity index (χ0v) is 6.69. The lowest BCUT2D eigenvalue weighted by Crippen LogP contribution is -2.34. The first-order chi connectivity index (χ1) is 5.75. The summed E-state index contributed by atoms with van der Waals surface area (Å²) in [7, 11) is 0. The third-order valence-electron chi connectivity index (χ3n) is 1.62. The van der Waals surface area contributed by atoms with Gasteiger partial charge in [-0.3, -0.25) is 9.63 Å². The van der Waals surface area contributed by atoms with E-state index in [0.717, 1.165) is 0 Å². The van der Waals surface area contributed by atoms with Crippen LogP contribution < -0.4 is 5.73 Å². The van der Waals surface area contributed by atoms with Gasteiger partial charge in [-0.05, 0) is 6.42 Å². The summed E-state index contributed by atoms with van der Waals surface area (Å²) >= 11 is 0. The Kier molecular flexibility index (Phi) is 3.02. The second kappa shape index (κ2) is 4.04. The van der Waals surface area contributed by atoms with Gasteiger partial charge >= 0.3 is 0 Å². The van der Waals surface area contributed by atoms with Gasteiger partial charge in [0, 0.05) is 13.0 Å². The van der Waals surface area contributed by atoms with E-state index in [1.54, 1.807) is 0 Å². The van der Waals surface area contributed by atoms with E-state index < -0.39 is 6.04 Å². The van der Waals surface area contributed by atoms with Gasteiger partial charge in [0.1, 0.15) is 6.04 Å². The van der Waals surface area contributed by atoms with E-state index in [1.807, 2.05) is 6.07 Å². The summed E-state index contributed by atoms with van der Waals surface area (Å²) in [5.41, 5.74) is 5.39. The van der Waals surface area contributed by atoms with Crippen molar-refractivity contribution in [1.82, 2.24) is 5.06 Å².